The molecule has 0 saturated carbocycles. The molecule has 0 aliphatic carbocycles. The average molecular weight is 471 g/mol. The SMILES string of the molecule is CCSc1nnn(Cc2ccc(-c3ccc(N4C[C@H](CNC(C)=O)OC4=O)cc3F)cc2)n1. The number of tetrazole rings is 1. The van der Waals surface area contributed by atoms with E-state index < -0.39 is 18.0 Å². The van der Waals surface area contributed by atoms with Gasteiger partial charge in [0.1, 0.15) is 11.9 Å². The molecule has 2 amide bonds. The number of amides is 2. The van der Waals surface area contributed by atoms with E-state index in [0.29, 0.717) is 28.5 Å². The Balaban J connectivity index is 1.43. The number of ether oxygens (including phenoxy) is 1. The van der Waals surface area contributed by atoms with Crippen molar-refractivity contribution in [3.8, 4) is 11.1 Å². The van der Waals surface area contributed by atoms with Gasteiger partial charge in [-0.1, -0.05) is 43.0 Å². The van der Waals surface area contributed by atoms with Crippen LogP contribution >= 0.6 is 11.8 Å². The first-order valence-corrected chi connectivity index (χ1v) is 11.4. The van der Waals surface area contributed by atoms with Gasteiger partial charge in [0.25, 0.3) is 0 Å². The molecular formula is C22H23FN6O3S. The Hall–Kier alpha value is -3.47. The molecule has 3 aromatic rings. The Labute approximate surface area is 194 Å². The first-order chi connectivity index (χ1) is 15.9. The number of nitrogens with zero attached hydrogens (tertiary/aromatic N) is 5. The number of hydrogen-bond donors (Lipinski definition) is 1. The van der Waals surface area contributed by atoms with Crippen molar-refractivity contribution in [1.82, 2.24) is 25.5 Å². The molecule has 4 rings (SSSR count). The van der Waals surface area contributed by atoms with E-state index in [2.05, 4.69) is 20.7 Å². The number of rotatable bonds is 8. The van der Waals surface area contributed by atoms with Gasteiger partial charge in [-0.3, -0.25) is 9.69 Å². The third-order valence-corrected chi connectivity index (χ3v) is 5.72. The highest BCUT2D eigenvalue weighted by molar-refractivity contribution is 7.99. The van der Waals surface area contributed by atoms with E-state index >= 15 is 0 Å². The molecule has 1 N–H and O–H groups in total. The fourth-order valence-electron chi connectivity index (χ4n) is 3.44. The van der Waals surface area contributed by atoms with Crippen molar-refractivity contribution in [1.29, 1.82) is 0 Å². The number of halogens is 1. The van der Waals surface area contributed by atoms with E-state index in [1.54, 1.807) is 12.1 Å². The lowest BCUT2D eigenvalue weighted by Gasteiger charge is -2.14. The van der Waals surface area contributed by atoms with Crippen LogP contribution in [0.5, 0.6) is 0 Å². The summed E-state index contributed by atoms with van der Waals surface area (Å²) in [5.74, 6) is 0.225. The largest absolute Gasteiger partial charge is 0.442 e. The van der Waals surface area contributed by atoms with Crippen LogP contribution in [0.25, 0.3) is 11.1 Å². The van der Waals surface area contributed by atoms with Crippen LogP contribution in [0.15, 0.2) is 47.6 Å². The second-order valence-corrected chi connectivity index (χ2v) is 8.68. The van der Waals surface area contributed by atoms with E-state index in [1.165, 1.54) is 34.4 Å². The van der Waals surface area contributed by atoms with Gasteiger partial charge >= 0.3 is 6.09 Å². The lowest BCUT2D eigenvalue weighted by Crippen LogP contribution is -2.33. The second kappa shape index (κ2) is 9.99. The molecule has 0 spiro atoms. The Kier molecular flexibility index (Phi) is 6.87. The molecule has 1 aromatic heterocycles. The van der Waals surface area contributed by atoms with Crippen molar-refractivity contribution in [2.75, 3.05) is 23.7 Å². The van der Waals surface area contributed by atoms with E-state index in [9.17, 15) is 14.0 Å². The molecular weight excluding hydrogens is 447 g/mol. The number of aromatic nitrogens is 4. The Bertz CT molecular complexity index is 1150. The van der Waals surface area contributed by atoms with Crippen LogP contribution in [-0.4, -0.2) is 57.2 Å². The summed E-state index contributed by atoms with van der Waals surface area (Å²) in [5, 5.41) is 15.6. The summed E-state index contributed by atoms with van der Waals surface area (Å²) in [6, 6.07) is 12.1. The Morgan fingerprint density at radius 1 is 1.27 bits per heavy atom. The molecule has 0 bridgehead atoms. The van der Waals surface area contributed by atoms with Crippen molar-refractivity contribution in [2.24, 2.45) is 0 Å². The lowest BCUT2D eigenvalue weighted by molar-refractivity contribution is -0.119. The average Bonchev–Trinajstić information content (AvgIpc) is 3.39. The molecule has 2 heterocycles. The lowest BCUT2D eigenvalue weighted by atomic mass is 10.0. The van der Waals surface area contributed by atoms with Gasteiger partial charge in [0.05, 0.1) is 25.3 Å². The van der Waals surface area contributed by atoms with Gasteiger partial charge in [-0.05, 0) is 40.3 Å². The molecule has 1 aliphatic rings. The van der Waals surface area contributed by atoms with E-state index in [-0.39, 0.29) is 19.0 Å². The van der Waals surface area contributed by atoms with E-state index in [0.717, 1.165) is 11.3 Å². The molecule has 1 atom stereocenters. The maximum atomic E-state index is 14.9. The minimum Gasteiger partial charge on any atom is -0.442 e. The smallest absolute Gasteiger partial charge is 0.414 e. The number of carbonyl (C=O) groups excluding carboxylic acids is 2. The van der Waals surface area contributed by atoms with Crippen LogP contribution in [0, 0.1) is 5.82 Å². The third-order valence-electron chi connectivity index (χ3n) is 5.01. The molecule has 33 heavy (non-hydrogen) atoms. The summed E-state index contributed by atoms with van der Waals surface area (Å²) in [7, 11) is 0. The van der Waals surface area contributed by atoms with Crippen LogP contribution in [0.4, 0.5) is 14.9 Å². The fraction of sp³-hybridized carbons (Fsp3) is 0.318. The van der Waals surface area contributed by atoms with Crippen molar-refractivity contribution < 1.29 is 18.7 Å². The molecule has 1 aliphatic heterocycles. The van der Waals surface area contributed by atoms with Gasteiger partial charge in [-0.25, -0.2) is 9.18 Å². The Morgan fingerprint density at radius 2 is 2.06 bits per heavy atom. The second-order valence-electron chi connectivity index (χ2n) is 7.45. The number of benzene rings is 2. The summed E-state index contributed by atoms with van der Waals surface area (Å²) in [5.41, 5.74) is 2.50. The van der Waals surface area contributed by atoms with Gasteiger partial charge in [-0.15, -0.1) is 10.2 Å². The molecule has 1 saturated heterocycles. The number of carbonyl (C=O) groups is 2. The monoisotopic (exact) mass is 470 g/mol. The summed E-state index contributed by atoms with van der Waals surface area (Å²) >= 11 is 1.53. The number of hydrogen-bond acceptors (Lipinski definition) is 7. The third kappa shape index (κ3) is 5.48. The van der Waals surface area contributed by atoms with Crippen molar-refractivity contribution in [2.45, 2.75) is 31.7 Å². The zero-order valence-electron chi connectivity index (χ0n) is 18.2. The topological polar surface area (TPSA) is 102 Å². The van der Waals surface area contributed by atoms with Gasteiger partial charge in [-0.2, -0.15) is 4.80 Å². The highest BCUT2D eigenvalue weighted by Crippen LogP contribution is 2.29. The summed E-state index contributed by atoms with van der Waals surface area (Å²) in [4.78, 5) is 26.1. The molecule has 11 heteroatoms. The van der Waals surface area contributed by atoms with Crippen LogP contribution in [0.3, 0.4) is 0 Å². The predicted octanol–water partition coefficient (Wildman–Crippen LogP) is 3.10. The van der Waals surface area contributed by atoms with Crippen molar-refractivity contribution >= 4 is 29.4 Å². The summed E-state index contributed by atoms with van der Waals surface area (Å²) in [6.07, 6.45) is -1.04. The molecule has 0 unspecified atom stereocenters. The van der Waals surface area contributed by atoms with Crippen LogP contribution in [-0.2, 0) is 16.1 Å². The van der Waals surface area contributed by atoms with Gasteiger partial charge in [0.2, 0.25) is 11.1 Å². The molecule has 0 radical (unpaired) electrons. The van der Waals surface area contributed by atoms with Crippen molar-refractivity contribution in [3.05, 3.63) is 53.8 Å². The number of anilines is 1. The van der Waals surface area contributed by atoms with Crippen LogP contribution in [0.1, 0.15) is 19.4 Å². The van der Waals surface area contributed by atoms with E-state index in [4.69, 9.17) is 4.74 Å². The normalized spacial score (nSPS) is 15.5. The van der Waals surface area contributed by atoms with Gasteiger partial charge < -0.3 is 10.1 Å². The minimum atomic E-state index is -0.566. The highest BCUT2D eigenvalue weighted by atomic mass is 32.2. The quantitative estimate of drug-likeness (QED) is 0.505. The fourth-order valence-corrected chi connectivity index (χ4v) is 3.94. The number of cyclic esters (lactones) is 1. The van der Waals surface area contributed by atoms with E-state index in [1.807, 2.05) is 31.2 Å². The number of thioether (sulfide) groups is 1. The molecule has 2 aromatic carbocycles. The first kappa shape index (κ1) is 22.7. The van der Waals surface area contributed by atoms with Crippen LogP contribution in [0.2, 0.25) is 0 Å². The molecule has 9 nitrogen and oxygen atoms in total. The minimum absolute atomic E-state index is 0.205. The first-order valence-electron chi connectivity index (χ1n) is 10.4. The van der Waals surface area contributed by atoms with Crippen molar-refractivity contribution in [3.63, 3.8) is 0 Å². The van der Waals surface area contributed by atoms with Gasteiger partial charge in [0, 0.05) is 12.5 Å². The maximum Gasteiger partial charge on any atom is 0.414 e. The summed E-state index contributed by atoms with van der Waals surface area (Å²) < 4.78 is 20.2. The summed E-state index contributed by atoms with van der Waals surface area (Å²) in [6.45, 7) is 4.34. The number of nitrogens with one attached hydrogen (secondary N) is 1. The molecule has 1 fully saturated rings. The van der Waals surface area contributed by atoms with Crippen LogP contribution < -0.4 is 10.2 Å². The zero-order chi connectivity index (χ0) is 23.4. The molecule has 172 valence electrons. The zero-order valence-corrected chi connectivity index (χ0v) is 19.0. The highest BCUT2D eigenvalue weighted by Gasteiger charge is 2.32. The Morgan fingerprint density at radius 3 is 2.76 bits per heavy atom. The maximum absolute atomic E-state index is 14.9. The standard InChI is InChI=1S/C22H23FN6O3S/c1-3-33-21-25-27-29(26-21)12-15-4-6-16(7-5-15)19-9-8-17(10-20(19)23)28-13-18(32-22(28)31)11-24-14(2)30/h4-10,18H,3,11-13H2,1-2H3,(H,24,30)/t18-/m0/s1. The van der Waals surface area contributed by atoms with Gasteiger partial charge in [0.15, 0.2) is 0 Å². The predicted molar refractivity (Wildman–Crippen MR) is 121 cm³/mol.